The second kappa shape index (κ2) is 1.83. The third kappa shape index (κ3) is 1.22. The molecule has 0 aliphatic carbocycles. The van der Waals surface area contributed by atoms with Crippen LogP contribution in [0.5, 0.6) is 0 Å². The SMILES string of the molecule is CC1=CS(=O)(=O)CC1(C)O. The summed E-state index contributed by atoms with van der Waals surface area (Å²) in [6.07, 6.45) is 0. The van der Waals surface area contributed by atoms with E-state index < -0.39 is 15.4 Å². The first kappa shape index (κ1) is 7.75. The van der Waals surface area contributed by atoms with Crippen molar-refractivity contribution in [1.82, 2.24) is 0 Å². The second-order valence-corrected chi connectivity index (χ2v) is 4.73. The van der Waals surface area contributed by atoms with Crippen LogP contribution in [0.25, 0.3) is 0 Å². The smallest absolute Gasteiger partial charge is 0.174 e. The average Bonchev–Trinajstić information content (AvgIpc) is 1.73. The monoisotopic (exact) mass is 162 g/mol. The Labute approximate surface area is 60.3 Å². The Hall–Kier alpha value is -0.350. The van der Waals surface area contributed by atoms with E-state index in [1.807, 2.05) is 0 Å². The summed E-state index contributed by atoms with van der Waals surface area (Å²) in [4.78, 5) is 0. The Morgan fingerprint density at radius 1 is 1.70 bits per heavy atom. The average molecular weight is 162 g/mol. The van der Waals surface area contributed by atoms with Gasteiger partial charge < -0.3 is 5.11 Å². The molecule has 0 fully saturated rings. The molecular formula is C6H10O3S. The van der Waals surface area contributed by atoms with Crippen LogP contribution in [0.3, 0.4) is 0 Å². The van der Waals surface area contributed by atoms with Gasteiger partial charge in [-0.15, -0.1) is 0 Å². The van der Waals surface area contributed by atoms with Crippen LogP contribution >= 0.6 is 0 Å². The van der Waals surface area contributed by atoms with Crippen molar-refractivity contribution >= 4 is 9.84 Å². The van der Waals surface area contributed by atoms with Crippen molar-refractivity contribution in [2.45, 2.75) is 19.4 Å². The molecule has 4 heteroatoms. The van der Waals surface area contributed by atoms with E-state index in [4.69, 9.17) is 0 Å². The molecule has 1 N–H and O–H groups in total. The third-order valence-corrected chi connectivity index (χ3v) is 3.37. The fourth-order valence-electron chi connectivity index (χ4n) is 0.944. The molecule has 1 unspecified atom stereocenters. The van der Waals surface area contributed by atoms with Gasteiger partial charge in [-0.25, -0.2) is 8.42 Å². The van der Waals surface area contributed by atoms with Crippen molar-refractivity contribution < 1.29 is 13.5 Å². The number of sulfone groups is 1. The molecule has 1 aliphatic rings. The summed E-state index contributed by atoms with van der Waals surface area (Å²) < 4.78 is 21.6. The highest BCUT2D eigenvalue weighted by atomic mass is 32.2. The van der Waals surface area contributed by atoms with Gasteiger partial charge in [0.15, 0.2) is 9.84 Å². The highest BCUT2D eigenvalue weighted by Crippen LogP contribution is 2.26. The van der Waals surface area contributed by atoms with Crippen molar-refractivity contribution in [2.24, 2.45) is 0 Å². The molecule has 0 saturated heterocycles. The van der Waals surface area contributed by atoms with Crippen molar-refractivity contribution in [3.8, 4) is 0 Å². The molecule has 0 amide bonds. The Bertz CT molecular complexity index is 271. The van der Waals surface area contributed by atoms with Gasteiger partial charge in [0.2, 0.25) is 0 Å². The first-order chi connectivity index (χ1) is 4.33. The molecule has 58 valence electrons. The van der Waals surface area contributed by atoms with Crippen LogP contribution in [0, 0.1) is 0 Å². The van der Waals surface area contributed by atoms with Crippen molar-refractivity contribution in [3.05, 3.63) is 11.0 Å². The lowest BCUT2D eigenvalue weighted by Crippen LogP contribution is -2.28. The molecule has 0 saturated carbocycles. The minimum atomic E-state index is -3.12. The molecular weight excluding hydrogens is 152 g/mol. The van der Waals surface area contributed by atoms with E-state index in [0.717, 1.165) is 5.41 Å². The normalized spacial score (nSPS) is 37.7. The molecule has 0 spiro atoms. The Morgan fingerprint density at radius 2 is 2.20 bits per heavy atom. The van der Waals surface area contributed by atoms with Gasteiger partial charge in [-0.3, -0.25) is 0 Å². The van der Waals surface area contributed by atoms with E-state index >= 15 is 0 Å². The maximum Gasteiger partial charge on any atom is 0.174 e. The molecule has 1 atom stereocenters. The molecule has 0 aromatic rings. The molecule has 0 aromatic heterocycles. The van der Waals surface area contributed by atoms with Gasteiger partial charge in [0, 0.05) is 5.41 Å². The standard InChI is InChI=1S/C6H10O3S/c1-5-3-10(8,9)4-6(5,2)7/h3,7H,4H2,1-2H3. The van der Waals surface area contributed by atoms with Crippen molar-refractivity contribution in [1.29, 1.82) is 0 Å². The fourth-order valence-corrected chi connectivity index (χ4v) is 2.83. The lowest BCUT2D eigenvalue weighted by molar-refractivity contribution is 0.126. The van der Waals surface area contributed by atoms with E-state index in [1.54, 1.807) is 6.92 Å². The Kier molecular flexibility index (Phi) is 1.42. The fraction of sp³-hybridized carbons (Fsp3) is 0.667. The van der Waals surface area contributed by atoms with Crippen LogP contribution < -0.4 is 0 Å². The summed E-state index contributed by atoms with van der Waals surface area (Å²) in [5, 5.41) is 10.5. The second-order valence-electron chi connectivity index (χ2n) is 2.88. The molecule has 0 bridgehead atoms. The van der Waals surface area contributed by atoms with Crippen LogP contribution in [-0.4, -0.2) is 24.9 Å². The van der Waals surface area contributed by atoms with Crippen molar-refractivity contribution in [3.63, 3.8) is 0 Å². The van der Waals surface area contributed by atoms with E-state index in [0.29, 0.717) is 5.57 Å². The summed E-state index contributed by atoms with van der Waals surface area (Å²) in [6.45, 7) is 3.12. The van der Waals surface area contributed by atoms with Gasteiger partial charge in [0.05, 0.1) is 11.4 Å². The van der Waals surface area contributed by atoms with Crippen LogP contribution in [0.4, 0.5) is 0 Å². The van der Waals surface area contributed by atoms with Gasteiger partial charge in [0.1, 0.15) is 0 Å². The van der Waals surface area contributed by atoms with Crippen LogP contribution in [0.1, 0.15) is 13.8 Å². The van der Waals surface area contributed by atoms with E-state index in [-0.39, 0.29) is 5.75 Å². The highest BCUT2D eigenvalue weighted by molar-refractivity contribution is 7.94. The minimum Gasteiger partial charge on any atom is -0.385 e. The number of rotatable bonds is 0. The van der Waals surface area contributed by atoms with Crippen molar-refractivity contribution in [2.75, 3.05) is 5.75 Å². The van der Waals surface area contributed by atoms with Gasteiger partial charge in [-0.1, -0.05) is 0 Å². The number of hydrogen-bond donors (Lipinski definition) is 1. The van der Waals surface area contributed by atoms with Gasteiger partial charge in [0.25, 0.3) is 0 Å². The minimum absolute atomic E-state index is 0.175. The highest BCUT2D eigenvalue weighted by Gasteiger charge is 2.35. The summed E-state index contributed by atoms with van der Waals surface area (Å²) in [7, 11) is -3.12. The first-order valence-corrected chi connectivity index (χ1v) is 4.69. The zero-order valence-electron chi connectivity index (χ0n) is 5.96. The summed E-state index contributed by atoms with van der Waals surface area (Å²) >= 11 is 0. The zero-order chi connectivity index (χ0) is 7.99. The topological polar surface area (TPSA) is 54.4 Å². The summed E-state index contributed by atoms with van der Waals surface area (Å²) in [6, 6.07) is 0. The number of hydrogen-bond acceptors (Lipinski definition) is 3. The predicted octanol–water partition coefficient (Wildman–Crippen LogP) is 0.0696. The van der Waals surface area contributed by atoms with Gasteiger partial charge in [-0.2, -0.15) is 0 Å². The molecule has 1 aliphatic heterocycles. The molecule has 10 heavy (non-hydrogen) atoms. The van der Waals surface area contributed by atoms with Crippen LogP contribution in [0.2, 0.25) is 0 Å². The summed E-state index contributed by atoms with van der Waals surface area (Å²) in [5.41, 5.74) is -0.619. The maximum atomic E-state index is 10.8. The first-order valence-electron chi connectivity index (χ1n) is 2.97. The Balaban J connectivity index is 3.12. The van der Waals surface area contributed by atoms with Crippen LogP contribution in [-0.2, 0) is 9.84 Å². The summed E-state index contributed by atoms with van der Waals surface area (Å²) in [5.74, 6) is -0.175. The van der Waals surface area contributed by atoms with E-state index in [1.165, 1.54) is 6.92 Å². The maximum absolute atomic E-state index is 10.8. The zero-order valence-corrected chi connectivity index (χ0v) is 6.77. The third-order valence-electron chi connectivity index (χ3n) is 1.69. The molecule has 1 heterocycles. The van der Waals surface area contributed by atoms with E-state index in [2.05, 4.69) is 0 Å². The van der Waals surface area contributed by atoms with Gasteiger partial charge in [-0.05, 0) is 19.4 Å². The quantitative estimate of drug-likeness (QED) is 0.548. The molecule has 0 radical (unpaired) electrons. The Morgan fingerprint density at radius 3 is 2.30 bits per heavy atom. The van der Waals surface area contributed by atoms with Crippen LogP contribution in [0.15, 0.2) is 11.0 Å². The molecule has 0 aromatic carbocycles. The van der Waals surface area contributed by atoms with Gasteiger partial charge >= 0.3 is 0 Å². The number of aliphatic hydroxyl groups is 1. The predicted molar refractivity (Wildman–Crippen MR) is 38.2 cm³/mol. The lowest BCUT2D eigenvalue weighted by atomic mass is 10.0. The lowest BCUT2D eigenvalue weighted by Gasteiger charge is -2.15. The molecule has 1 rings (SSSR count). The largest absolute Gasteiger partial charge is 0.385 e. The molecule has 3 nitrogen and oxygen atoms in total. The van der Waals surface area contributed by atoms with E-state index in [9.17, 15) is 13.5 Å².